The molecule has 19 heavy (non-hydrogen) atoms. The largest absolute Gasteiger partial charge is 0.507 e. The van der Waals surface area contributed by atoms with Crippen LogP contribution in [0.1, 0.15) is 10.4 Å². The molecule has 0 aliphatic heterocycles. The van der Waals surface area contributed by atoms with Gasteiger partial charge in [0.15, 0.2) is 5.11 Å². The van der Waals surface area contributed by atoms with Crippen LogP contribution < -0.4 is 16.4 Å². The maximum absolute atomic E-state index is 11.2. The Bertz CT molecular complexity index is 505. The lowest BCUT2D eigenvalue weighted by molar-refractivity contribution is 0.0998. The van der Waals surface area contributed by atoms with Gasteiger partial charge in [0.05, 0.1) is 12.2 Å². The predicted octanol–water partition coefficient (Wildman–Crippen LogP) is 2.31. The number of alkyl halides is 3. The Labute approximate surface area is 130 Å². The van der Waals surface area contributed by atoms with Gasteiger partial charge < -0.3 is 21.5 Å². The third-order valence-corrected chi connectivity index (χ3v) is 2.45. The van der Waals surface area contributed by atoms with Gasteiger partial charge in [0.1, 0.15) is 11.3 Å². The number of nitrogens with two attached hydrogens (primary N) is 1. The average Bonchev–Trinajstić information content (AvgIpc) is 2.25. The second kappa shape index (κ2) is 6.47. The first-order chi connectivity index (χ1) is 8.70. The number of nitrogens with one attached hydrogen (secondary N) is 2. The number of benzene rings is 1. The van der Waals surface area contributed by atoms with Crippen molar-refractivity contribution in [3.63, 3.8) is 0 Å². The van der Waals surface area contributed by atoms with Crippen LogP contribution in [-0.2, 0) is 0 Å². The quantitative estimate of drug-likeness (QED) is 0.500. The normalized spacial score (nSPS) is 10.9. The Balaban J connectivity index is 2.80. The van der Waals surface area contributed by atoms with E-state index in [1.807, 2.05) is 0 Å². The van der Waals surface area contributed by atoms with Gasteiger partial charge in [-0.1, -0.05) is 40.9 Å². The van der Waals surface area contributed by atoms with Crippen molar-refractivity contribution in [2.75, 3.05) is 5.32 Å². The predicted molar refractivity (Wildman–Crippen MR) is 80.6 cm³/mol. The number of primary amides is 1. The van der Waals surface area contributed by atoms with Gasteiger partial charge in [-0.25, -0.2) is 0 Å². The van der Waals surface area contributed by atoms with E-state index in [4.69, 9.17) is 52.8 Å². The van der Waals surface area contributed by atoms with Gasteiger partial charge in [0.2, 0.25) is 3.79 Å². The van der Waals surface area contributed by atoms with E-state index < -0.39 is 9.70 Å². The zero-order valence-electron chi connectivity index (χ0n) is 9.28. The van der Waals surface area contributed by atoms with Crippen molar-refractivity contribution in [1.82, 2.24) is 5.32 Å². The van der Waals surface area contributed by atoms with Crippen molar-refractivity contribution in [2.24, 2.45) is 5.73 Å². The van der Waals surface area contributed by atoms with Crippen LogP contribution in [0, 0.1) is 6.54 Å². The Hall–Kier alpha value is -0.950. The number of hydrogen-bond acceptors (Lipinski definition) is 3. The minimum Gasteiger partial charge on any atom is -0.507 e. The number of amides is 1. The molecule has 1 amide bonds. The fourth-order valence-electron chi connectivity index (χ4n) is 1.21. The third kappa shape index (κ3) is 5.28. The van der Waals surface area contributed by atoms with Crippen molar-refractivity contribution in [2.45, 2.75) is 3.79 Å². The first kappa shape index (κ1) is 16.1. The van der Waals surface area contributed by atoms with Crippen LogP contribution in [0.2, 0.25) is 0 Å². The molecule has 5 nitrogen and oxygen atoms in total. The highest BCUT2D eigenvalue weighted by Gasteiger charge is 2.21. The number of halogens is 3. The lowest BCUT2D eigenvalue weighted by Crippen LogP contribution is -2.31. The maximum Gasteiger partial charge on any atom is 0.254 e. The SMILES string of the molecule is NC(=O)c1c(O)cccc1NC(=S)N[CH]C(Cl)(Cl)Cl. The Morgan fingerprint density at radius 2 is 2.05 bits per heavy atom. The summed E-state index contributed by atoms with van der Waals surface area (Å²) in [6.45, 7) is 1.12. The van der Waals surface area contributed by atoms with Crippen molar-refractivity contribution in [3.8, 4) is 5.75 Å². The number of carbonyl (C=O) groups is 1. The maximum atomic E-state index is 11.2. The molecule has 0 aliphatic rings. The van der Waals surface area contributed by atoms with Crippen LogP contribution in [0.15, 0.2) is 18.2 Å². The van der Waals surface area contributed by atoms with Gasteiger partial charge in [-0.2, -0.15) is 0 Å². The highest BCUT2D eigenvalue weighted by molar-refractivity contribution is 7.80. The molecule has 0 heterocycles. The number of carbonyl (C=O) groups excluding carboxylic acids is 1. The number of anilines is 1. The van der Waals surface area contributed by atoms with Crippen LogP contribution in [0.4, 0.5) is 5.69 Å². The van der Waals surface area contributed by atoms with Gasteiger partial charge in [-0.15, -0.1) is 0 Å². The van der Waals surface area contributed by atoms with Crippen LogP contribution in [0.3, 0.4) is 0 Å². The lowest BCUT2D eigenvalue weighted by atomic mass is 10.1. The summed E-state index contributed by atoms with van der Waals surface area (Å²) in [5.74, 6) is -1.06. The third-order valence-electron chi connectivity index (χ3n) is 1.90. The summed E-state index contributed by atoms with van der Waals surface area (Å²) in [4.78, 5) is 11.2. The van der Waals surface area contributed by atoms with Crippen LogP contribution in [0.25, 0.3) is 0 Å². The second-order valence-corrected chi connectivity index (χ2v) is 6.13. The van der Waals surface area contributed by atoms with E-state index in [9.17, 15) is 9.90 Å². The zero-order valence-corrected chi connectivity index (χ0v) is 12.4. The highest BCUT2D eigenvalue weighted by atomic mass is 35.6. The molecule has 1 radical (unpaired) electrons. The molecule has 1 aromatic carbocycles. The number of hydrogen-bond donors (Lipinski definition) is 4. The molecule has 5 N–H and O–H groups in total. The van der Waals surface area contributed by atoms with Crippen molar-refractivity contribution < 1.29 is 9.90 Å². The molecule has 0 bridgehead atoms. The van der Waals surface area contributed by atoms with Gasteiger partial charge in [0, 0.05) is 0 Å². The number of phenols is 1. The van der Waals surface area contributed by atoms with Crippen LogP contribution >= 0.6 is 47.0 Å². The zero-order chi connectivity index (χ0) is 14.6. The highest BCUT2D eigenvalue weighted by Crippen LogP contribution is 2.28. The summed E-state index contributed by atoms with van der Waals surface area (Å²) < 4.78 is -1.63. The molecule has 0 fully saturated rings. The van der Waals surface area contributed by atoms with Crippen LogP contribution in [-0.4, -0.2) is 19.9 Å². The summed E-state index contributed by atoms with van der Waals surface area (Å²) in [5, 5.41) is 14.8. The summed E-state index contributed by atoms with van der Waals surface area (Å²) in [7, 11) is 0. The van der Waals surface area contributed by atoms with E-state index in [2.05, 4.69) is 10.6 Å². The molecule has 1 rings (SSSR count). The summed E-state index contributed by atoms with van der Waals surface area (Å²) in [6.07, 6.45) is 0. The molecule has 0 saturated heterocycles. The molecule has 0 atom stereocenters. The molecule has 9 heteroatoms. The lowest BCUT2D eigenvalue weighted by Gasteiger charge is -2.15. The molecule has 0 aliphatic carbocycles. The smallest absolute Gasteiger partial charge is 0.254 e. The molecule has 0 aromatic heterocycles. The van der Waals surface area contributed by atoms with Gasteiger partial charge >= 0.3 is 0 Å². The molecule has 0 saturated carbocycles. The summed E-state index contributed by atoms with van der Waals surface area (Å²) in [6, 6.07) is 4.36. The van der Waals surface area contributed by atoms with E-state index in [0.29, 0.717) is 0 Å². The minimum absolute atomic E-state index is 0.0689. The second-order valence-electron chi connectivity index (χ2n) is 3.35. The van der Waals surface area contributed by atoms with Gasteiger partial charge in [-0.05, 0) is 24.4 Å². The van der Waals surface area contributed by atoms with Crippen molar-refractivity contribution in [1.29, 1.82) is 0 Å². The van der Waals surface area contributed by atoms with E-state index in [-0.39, 0.29) is 22.1 Å². The van der Waals surface area contributed by atoms with E-state index in [1.54, 1.807) is 0 Å². The molecule has 0 spiro atoms. The number of rotatable bonds is 3. The van der Waals surface area contributed by atoms with E-state index in [0.717, 1.165) is 6.54 Å². The number of thiocarbonyl (C=S) groups is 1. The molecular formula is C10H9Cl3N3O2S. The van der Waals surface area contributed by atoms with Crippen molar-refractivity contribution >= 4 is 63.7 Å². The van der Waals surface area contributed by atoms with Crippen molar-refractivity contribution in [3.05, 3.63) is 30.3 Å². The van der Waals surface area contributed by atoms with Gasteiger partial charge in [0.25, 0.3) is 5.91 Å². The van der Waals surface area contributed by atoms with Gasteiger partial charge in [-0.3, -0.25) is 4.79 Å². The monoisotopic (exact) mass is 340 g/mol. The number of aromatic hydroxyl groups is 1. The molecule has 0 unspecified atom stereocenters. The minimum atomic E-state index is -1.63. The topological polar surface area (TPSA) is 87.4 Å². The Morgan fingerprint density at radius 1 is 1.42 bits per heavy atom. The molecular weight excluding hydrogens is 333 g/mol. The average molecular weight is 342 g/mol. The van der Waals surface area contributed by atoms with Crippen LogP contribution in [0.5, 0.6) is 5.75 Å². The fourth-order valence-corrected chi connectivity index (χ4v) is 1.54. The standard InChI is InChI=1S/C10H9Cl3N3O2S/c11-10(12,13)4-15-9(19)16-5-2-1-3-6(17)7(5)8(14)18/h1-4,17H,(H2,14,18)(H2,15,16,19). The summed E-state index contributed by atoms with van der Waals surface area (Å²) >= 11 is 21.4. The van der Waals surface area contributed by atoms with E-state index >= 15 is 0 Å². The Morgan fingerprint density at radius 3 is 2.58 bits per heavy atom. The summed E-state index contributed by atoms with van der Waals surface area (Å²) in [5.41, 5.74) is 5.32. The molecule has 103 valence electrons. The first-order valence-electron chi connectivity index (χ1n) is 4.81. The first-order valence-corrected chi connectivity index (χ1v) is 6.35. The fraction of sp³-hybridized carbons (Fsp3) is 0.100. The van der Waals surface area contributed by atoms with E-state index in [1.165, 1.54) is 18.2 Å². The molecule has 1 aromatic rings. The Kier molecular flexibility index (Phi) is 5.49.